The summed E-state index contributed by atoms with van der Waals surface area (Å²) in [6.45, 7) is 1.54. The van der Waals surface area contributed by atoms with Crippen LogP contribution in [-0.2, 0) is 14.3 Å². The number of nitrogens with zero attached hydrogens (tertiary/aromatic N) is 2. The molecule has 1 aromatic carbocycles. The van der Waals surface area contributed by atoms with Gasteiger partial charge < -0.3 is 9.64 Å². The van der Waals surface area contributed by atoms with Crippen molar-refractivity contribution >= 4 is 40.6 Å². The summed E-state index contributed by atoms with van der Waals surface area (Å²) in [5, 5.41) is 1.76. The van der Waals surface area contributed by atoms with Gasteiger partial charge in [0.2, 0.25) is 17.4 Å². The van der Waals surface area contributed by atoms with E-state index in [1.54, 1.807) is 48.7 Å². The fourth-order valence-corrected chi connectivity index (χ4v) is 4.58. The van der Waals surface area contributed by atoms with E-state index < -0.39 is 18.2 Å². The van der Waals surface area contributed by atoms with Crippen LogP contribution in [0.2, 0.25) is 0 Å². The molecule has 2 amide bonds. The van der Waals surface area contributed by atoms with Gasteiger partial charge in [-0.2, -0.15) is 0 Å². The first-order valence-corrected chi connectivity index (χ1v) is 9.86. The zero-order valence-electron chi connectivity index (χ0n) is 15.2. The summed E-state index contributed by atoms with van der Waals surface area (Å²) in [4.78, 5) is 54.4. The Hall–Kier alpha value is -3.00. The van der Waals surface area contributed by atoms with Crippen molar-refractivity contribution in [2.45, 2.75) is 25.4 Å². The largest absolute Gasteiger partial charge is 0.454 e. The first-order valence-electron chi connectivity index (χ1n) is 8.98. The second-order valence-electron chi connectivity index (χ2n) is 6.59. The third-order valence-electron chi connectivity index (χ3n) is 5.15. The first-order chi connectivity index (χ1) is 13.5. The summed E-state index contributed by atoms with van der Waals surface area (Å²) < 4.78 is 5.35. The fraction of sp³-hybridized carbons (Fsp3) is 0.300. The van der Waals surface area contributed by atoms with E-state index >= 15 is 0 Å². The number of hydrogen-bond acceptors (Lipinski definition) is 6. The maximum absolute atomic E-state index is 13.2. The number of esters is 1. The number of carbonyl (C=O) groups is 4. The summed E-state index contributed by atoms with van der Waals surface area (Å²) >= 11 is 1.26. The second kappa shape index (κ2) is 6.87. The van der Waals surface area contributed by atoms with Gasteiger partial charge in [0.1, 0.15) is 0 Å². The lowest BCUT2D eigenvalue weighted by atomic mass is 9.96. The number of Topliss-reactive ketones (excluding diaryl/α,β-unsaturated/α-hetero) is 1. The molecule has 3 heterocycles. The highest BCUT2D eigenvalue weighted by molar-refractivity contribution is 7.12. The number of thiophene rings is 1. The van der Waals surface area contributed by atoms with Crippen LogP contribution in [0.3, 0.4) is 0 Å². The Balaban J connectivity index is 1.70. The number of anilines is 1. The van der Waals surface area contributed by atoms with E-state index in [1.165, 1.54) is 21.1 Å². The highest BCUT2D eigenvalue weighted by Crippen LogP contribution is 2.44. The number of rotatable bonds is 5. The Bertz CT molecular complexity index is 971. The molecule has 2 aliphatic heterocycles. The van der Waals surface area contributed by atoms with Gasteiger partial charge in [0, 0.05) is 19.4 Å². The van der Waals surface area contributed by atoms with Crippen LogP contribution in [-0.4, -0.2) is 47.3 Å². The number of benzene rings is 1. The van der Waals surface area contributed by atoms with E-state index in [0.717, 1.165) is 0 Å². The number of ether oxygens (including phenoxy) is 1. The molecule has 0 N–H and O–H groups in total. The van der Waals surface area contributed by atoms with Crippen molar-refractivity contribution in [3.63, 3.8) is 0 Å². The van der Waals surface area contributed by atoms with Gasteiger partial charge in [0.25, 0.3) is 5.91 Å². The molecule has 28 heavy (non-hydrogen) atoms. The highest BCUT2D eigenvalue weighted by atomic mass is 32.1. The monoisotopic (exact) mass is 398 g/mol. The fourth-order valence-electron chi connectivity index (χ4n) is 3.93. The number of likely N-dealkylation sites (N-methyl/N-ethyl adjacent to an activating group) is 1. The van der Waals surface area contributed by atoms with Crippen LogP contribution in [0.5, 0.6) is 0 Å². The summed E-state index contributed by atoms with van der Waals surface area (Å²) in [6, 6.07) is 10.1. The van der Waals surface area contributed by atoms with Gasteiger partial charge in [-0.15, -0.1) is 11.3 Å². The molecule has 1 atom stereocenters. The lowest BCUT2D eigenvalue weighted by Crippen LogP contribution is -2.68. The van der Waals surface area contributed by atoms with Gasteiger partial charge in [0.05, 0.1) is 16.1 Å². The number of fused-ring (bicyclic) bond motifs is 3. The van der Waals surface area contributed by atoms with Crippen molar-refractivity contribution in [2.75, 3.05) is 18.1 Å². The normalized spacial score (nSPS) is 20.8. The Kier molecular flexibility index (Phi) is 4.50. The molecule has 7 nitrogen and oxygen atoms in total. The number of para-hydroxylation sites is 1. The molecule has 2 aliphatic rings. The van der Waals surface area contributed by atoms with E-state index in [9.17, 15) is 19.2 Å². The molecule has 8 heteroatoms. The van der Waals surface area contributed by atoms with E-state index in [1.807, 2.05) is 0 Å². The minimum absolute atomic E-state index is 0.117. The molecule has 0 saturated carbocycles. The third kappa shape index (κ3) is 2.56. The van der Waals surface area contributed by atoms with Gasteiger partial charge in [-0.05, 0) is 30.5 Å². The van der Waals surface area contributed by atoms with Crippen LogP contribution >= 0.6 is 11.3 Å². The summed E-state index contributed by atoms with van der Waals surface area (Å²) in [7, 11) is 0. The Morgan fingerprint density at radius 1 is 1.18 bits per heavy atom. The van der Waals surface area contributed by atoms with Crippen molar-refractivity contribution < 1.29 is 23.9 Å². The van der Waals surface area contributed by atoms with Gasteiger partial charge in [-0.3, -0.25) is 19.3 Å². The number of hydrogen-bond donors (Lipinski definition) is 0. The topological polar surface area (TPSA) is 84.0 Å². The Morgan fingerprint density at radius 3 is 2.68 bits per heavy atom. The molecule has 4 rings (SSSR count). The third-order valence-corrected chi connectivity index (χ3v) is 6.06. The maximum Gasteiger partial charge on any atom is 0.354 e. The number of amides is 2. The lowest BCUT2D eigenvalue weighted by Gasteiger charge is -2.47. The van der Waals surface area contributed by atoms with Gasteiger partial charge in [-0.1, -0.05) is 18.2 Å². The maximum atomic E-state index is 13.2. The van der Waals surface area contributed by atoms with Crippen LogP contribution in [0.25, 0.3) is 0 Å². The SMILES string of the molecule is CCN1C(=O)c2ccccc2N2C(=O)CC[C@]12C(=O)OCC(=O)c1cccs1. The van der Waals surface area contributed by atoms with Crippen LogP contribution in [0, 0.1) is 0 Å². The molecule has 0 aliphatic carbocycles. The molecular weight excluding hydrogens is 380 g/mol. The zero-order chi connectivity index (χ0) is 19.9. The van der Waals surface area contributed by atoms with Crippen LogP contribution in [0.4, 0.5) is 5.69 Å². The molecule has 1 aromatic heterocycles. The molecule has 0 spiro atoms. The molecule has 1 fully saturated rings. The molecule has 1 saturated heterocycles. The number of carbonyl (C=O) groups excluding carboxylic acids is 4. The minimum atomic E-state index is -1.55. The van der Waals surface area contributed by atoms with Gasteiger partial charge in [-0.25, -0.2) is 4.79 Å². The highest BCUT2D eigenvalue weighted by Gasteiger charge is 2.61. The average molecular weight is 398 g/mol. The summed E-state index contributed by atoms with van der Waals surface area (Å²) in [5.41, 5.74) is -0.772. The first kappa shape index (κ1) is 18.4. The van der Waals surface area contributed by atoms with E-state index in [4.69, 9.17) is 4.74 Å². The van der Waals surface area contributed by atoms with Crippen LogP contribution in [0.1, 0.15) is 39.8 Å². The van der Waals surface area contributed by atoms with E-state index in [-0.39, 0.29) is 37.0 Å². The molecule has 0 bridgehead atoms. The predicted octanol–water partition coefficient (Wildman–Crippen LogP) is 2.47. The van der Waals surface area contributed by atoms with Gasteiger partial charge in [0.15, 0.2) is 6.61 Å². The van der Waals surface area contributed by atoms with Crippen molar-refractivity contribution in [3.8, 4) is 0 Å². The zero-order valence-corrected chi connectivity index (χ0v) is 16.0. The predicted molar refractivity (Wildman–Crippen MR) is 102 cm³/mol. The van der Waals surface area contributed by atoms with Crippen molar-refractivity contribution in [3.05, 3.63) is 52.2 Å². The molecule has 144 valence electrons. The van der Waals surface area contributed by atoms with E-state index in [2.05, 4.69) is 0 Å². The van der Waals surface area contributed by atoms with Crippen molar-refractivity contribution in [2.24, 2.45) is 0 Å². The Labute approximate surface area is 165 Å². The van der Waals surface area contributed by atoms with E-state index in [0.29, 0.717) is 16.1 Å². The molecule has 2 aromatic rings. The number of ketones is 1. The van der Waals surface area contributed by atoms with Crippen molar-refractivity contribution in [1.82, 2.24) is 4.90 Å². The second-order valence-corrected chi connectivity index (χ2v) is 7.54. The summed E-state index contributed by atoms with van der Waals surface area (Å²) in [5.74, 6) is -1.65. The van der Waals surface area contributed by atoms with Gasteiger partial charge >= 0.3 is 5.97 Å². The molecule has 0 unspecified atom stereocenters. The van der Waals surface area contributed by atoms with Crippen LogP contribution < -0.4 is 4.90 Å². The summed E-state index contributed by atoms with van der Waals surface area (Å²) in [6.07, 6.45) is 0.248. The average Bonchev–Trinajstić information content (AvgIpc) is 3.35. The lowest BCUT2D eigenvalue weighted by molar-refractivity contribution is -0.156. The quantitative estimate of drug-likeness (QED) is 0.571. The standard InChI is InChI=1S/C20H18N2O5S/c1-2-21-18(25)13-6-3-4-7-14(13)22-17(24)9-10-20(21,22)19(26)27-12-15(23)16-8-5-11-28-16/h3-8,11H,2,9-10,12H2,1H3/t20-/m0/s1. The smallest absolute Gasteiger partial charge is 0.354 e. The van der Waals surface area contributed by atoms with Crippen molar-refractivity contribution in [1.29, 1.82) is 0 Å². The molecular formula is C20H18N2O5S. The van der Waals surface area contributed by atoms with Crippen LogP contribution in [0.15, 0.2) is 41.8 Å². The minimum Gasteiger partial charge on any atom is -0.454 e. The molecule has 0 radical (unpaired) electrons. The Morgan fingerprint density at radius 2 is 1.96 bits per heavy atom.